The van der Waals surface area contributed by atoms with E-state index in [1.54, 1.807) is 29.2 Å². The number of nitrogens with zero attached hydrogens (tertiary/aromatic N) is 1. The monoisotopic (exact) mass is 376 g/mol. The van der Waals surface area contributed by atoms with Crippen LogP contribution in [-0.2, 0) is 16.0 Å². The number of hydrogen-bond donors (Lipinski definition) is 1. The van der Waals surface area contributed by atoms with Gasteiger partial charge in [-0.15, -0.1) is 0 Å². The average molecular weight is 377 g/mol. The Labute approximate surface area is 156 Å². The molecule has 4 nitrogen and oxygen atoms in total. The number of hydrogen-bond acceptors (Lipinski definition) is 2. The fourth-order valence-corrected chi connectivity index (χ4v) is 3.30. The predicted octanol–water partition coefficient (Wildman–Crippen LogP) is 3.71. The lowest BCUT2D eigenvalue weighted by molar-refractivity contribution is -0.132. The fraction of sp³-hybridized carbons (Fsp3) is 0.263. The van der Waals surface area contributed by atoms with Crippen molar-refractivity contribution in [1.82, 2.24) is 5.32 Å². The van der Waals surface area contributed by atoms with Crippen LogP contribution in [-0.4, -0.2) is 24.9 Å². The Bertz CT molecular complexity index is 777. The van der Waals surface area contributed by atoms with Gasteiger partial charge in [0, 0.05) is 28.8 Å². The van der Waals surface area contributed by atoms with Crippen LogP contribution in [0.25, 0.3) is 0 Å². The number of amides is 2. The molecule has 1 heterocycles. The molecule has 0 spiro atoms. The summed E-state index contributed by atoms with van der Waals surface area (Å²) in [7, 11) is 0. The van der Waals surface area contributed by atoms with Crippen LogP contribution in [0.5, 0.6) is 0 Å². The number of benzene rings is 2. The van der Waals surface area contributed by atoms with Gasteiger partial charge in [0.2, 0.25) is 11.8 Å². The summed E-state index contributed by atoms with van der Waals surface area (Å²) in [6, 6.07) is 14.6. The zero-order valence-corrected chi connectivity index (χ0v) is 15.1. The van der Waals surface area contributed by atoms with E-state index < -0.39 is 5.92 Å². The zero-order chi connectivity index (χ0) is 17.8. The molecule has 1 N–H and O–H groups in total. The number of rotatable bonds is 5. The van der Waals surface area contributed by atoms with E-state index in [-0.39, 0.29) is 11.8 Å². The van der Waals surface area contributed by atoms with Gasteiger partial charge in [-0.05, 0) is 48.7 Å². The van der Waals surface area contributed by atoms with E-state index in [0.29, 0.717) is 36.0 Å². The Hall–Kier alpha value is -2.04. The van der Waals surface area contributed by atoms with E-state index in [0.717, 1.165) is 11.3 Å². The number of carbonyl (C=O) groups excluding carboxylic acids is 2. The van der Waals surface area contributed by atoms with E-state index in [1.807, 2.05) is 24.3 Å². The Kier molecular flexibility index (Phi) is 5.61. The highest BCUT2D eigenvalue weighted by atomic mass is 35.5. The average Bonchev–Trinajstić information content (AvgIpc) is 2.99. The summed E-state index contributed by atoms with van der Waals surface area (Å²) in [5.41, 5.74) is 1.74. The second-order valence-corrected chi connectivity index (χ2v) is 6.78. The van der Waals surface area contributed by atoms with Crippen molar-refractivity contribution >= 4 is 40.7 Å². The molecule has 0 bridgehead atoms. The highest BCUT2D eigenvalue weighted by Crippen LogP contribution is 2.26. The molecular weight excluding hydrogens is 359 g/mol. The standard InChI is InChI=1S/C19H18Cl2N2O2/c20-14-5-7-15(8-6-14)23-12-10-16(19(23)25)18(24)22-11-9-13-3-1-2-4-17(13)21/h1-8,16H,9-12H2,(H,22,24)/t16-/m1/s1. The van der Waals surface area contributed by atoms with Crippen LogP contribution in [0.15, 0.2) is 48.5 Å². The van der Waals surface area contributed by atoms with Crippen LogP contribution in [0, 0.1) is 5.92 Å². The molecule has 2 amide bonds. The van der Waals surface area contributed by atoms with Gasteiger partial charge in [-0.3, -0.25) is 9.59 Å². The van der Waals surface area contributed by atoms with Crippen LogP contribution in [0.3, 0.4) is 0 Å². The third-order valence-electron chi connectivity index (χ3n) is 4.31. The molecule has 1 saturated heterocycles. The second kappa shape index (κ2) is 7.89. The van der Waals surface area contributed by atoms with Gasteiger partial charge in [-0.25, -0.2) is 0 Å². The van der Waals surface area contributed by atoms with E-state index >= 15 is 0 Å². The zero-order valence-electron chi connectivity index (χ0n) is 13.5. The molecule has 1 aliphatic heterocycles. The minimum absolute atomic E-state index is 0.169. The van der Waals surface area contributed by atoms with Gasteiger partial charge in [-0.1, -0.05) is 41.4 Å². The van der Waals surface area contributed by atoms with Crippen LogP contribution in [0.4, 0.5) is 5.69 Å². The molecule has 0 radical (unpaired) electrons. The number of halogens is 2. The Morgan fingerprint density at radius 2 is 1.84 bits per heavy atom. The third-order valence-corrected chi connectivity index (χ3v) is 4.93. The van der Waals surface area contributed by atoms with E-state index in [2.05, 4.69) is 5.32 Å². The summed E-state index contributed by atoms with van der Waals surface area (Å²) in [5, 5.41) is 4.14. The van der Waals surface area contributed by atoms with Crippen molar-refractivity contribution < 1.29 is 9.59 Å². The molecule has 1 fully saturated rings. The maximum absolute atomic E-state index is 12.5. The molecule has 130 valence electrons. The van der Waals surface area contributed by atoms with Crippen LogP contribution < -0.4 is 10.2 Å². The molecule has 0 saturated carbocycles. The second-order valence-electron chi connectivity index (χ2n) is 5.94. The smallest absolute Gasteiger partial charge is 0.239 e. The first-order valence-electron chi connectivity index (χ1n) is 8.14. The van der Waals surface area contributed by atoms with Crippen molar-refractivity contribution in [2.75, 3.05) is 18.0 Å². The van der Waals surface area contributed by atoms with E-state index in [1.165, 1.54) is 0 Å². The van der Waals surface area contributed by atoms with Crippen LogP contribution in [0.1, 0.15) is 12.0 Å². The minimum Gasteiger partial charge on any atom is -0.355 e. The van der Waals surface area contributed by atoms with Gasteiger partial charge in [0.1, 0.15) is 5.92 Å². The van der Waals surface area contributed by atoms with Crippen molar-refractivity contribution in [1.29, 1.82) is 0 Å². The summed E-state index contributed by atoms with van der Waals surface area (Å²) >= 11 is 12.0. The highest BCUT2D eigenvalue weighted by molar-refractivity contribution is 6.31. The predicted molar refractivity (Wildman–Crippen MR) is 100 cm³/mol. The Morgan fingerprint density at radius 1 is 1.12 bits per heavy atom. The normalized spacial score (nSPS) is 17.0. The van der Waals surface area contributed by atoms with E-state index in [4.69, 9.17) is 23.2 Å². The summed E-state index contributed by atoms with van der Waals surface area (Å²) in [4.78, 5) is 26.5. The molecule has 25 heavy (non-hydrogen) atoms. The number of anilines is 1. The molecule has 1 aliphatic rings. The van der Waals surface area contributed by atoms with Gasteiger partial charge in [0.05, 0.1) is 0 Å². The van der Waals surface area contributed by atoms with Gasteiger partial charge < -0.3 is 10.2 Å². The number of carbonyl (C=O) groups is 2. The lowest BCUT2D eigenvalue weighted by Gasteiger charge is -2.17. The fourth-order valence-electron chi connectivity index (χ4n) is 2.95. The van der Waals surface area contributed by atoms with Crippen molar-refractivity contribution in [3.05, 3.63) is 64.1 Å². The highest BCUT2D eigenvalue weighted by Gasteiger charge is 2.37. The summed E-state index contributed by atoms with van der Waals surface area (Å²) in [6.45, 7) is 0.982. The third kappa shape index (κ3) is 4.14. The van der Waals surface area contributed by atoms with E-state index in [9.17, 15) is 9.59 Å². The topological polar surface area (TPSA) is 49.4 Å². The lowest BCUT2D eigenvalue weighted by Crippen LogP contribution is -2.37. The molecule has 3 rings (SSSR count). The maximum atomic E-state index is 12.5. The lowest BCUT2D eigenvalue weighted by atomic mass is 10.1. The van der Waals surface area contributed by atoms with Crippen molar-refractivity contribution in [3.8, 4) is 0 Å². The molecule has 2 aromatic carbocycles. The SMILES string of the molecule is O=C(NCCc1ccccc1Cl)[C@H]1CCN(c2ccc(Cl)cc2)C1=O. The molecule has 0 aromatic heterocycles. The summed E-state index contributed by atoms with van der Waals surface area (Å²) < 4.78 is 0. The largest absolute Gasteiger partial charge is 0.355 e. The quantitative estimate of drug-likeness (QED) is 0.808. The first-order chi connectivity index (χ1) is 12.1. The van der Waals surface area contributed by atoms with Gasteiger partial charge >= 0.3 is 0 Å². The van der Waals surface area contributed by atoms with Gasteiger partial charge in [-0.2, -0.15) is 0 Å². The van der Waals surface area contributed by atoms with Crippen LogP contribution >= 0.6 is 23.2 Å². The Morgan fingerprint density at radius 3 is 2.56 bits per heavy atom. The molecule has 2 aromatic rings. The van der Waals surface area contributed by atoms with Crippen molar-refractivity contribution in [2.45, 2.75) is 12.8 Å². The molecule has 6 heteroatoms. The molecular formula is C19H18Cl2N2O2. The molecule has 0 unspecified atom stereocenters. The first kappa shape index (κ1) is 17.8. The van der Waals surface area contributed by atoms with Gasteiger partial charge in [0.15, 0.2) is 0 Å². The van der Waals surface area contributed by atoms with Crippen molar-refractivity contribution in [3.63, 3.8) is 0 Å². The summed E-state index contributed by atoms with van der Waals surface area (Å²) in [5.74, 6) is -1.03. The number of nitrogens with one attached hydrogen (secondary N) is 1. The van der Waals surface area contributed by atoms with Crippen LogP contribution in [0.2, 0.25) is 10.0 Å². The first-order valence-corrected chi connectivity index (χ1v) is 8.90. The Balaban J connectivity index is 1.55. The van der Waals surface area contributed by atoms with Crippen molar-refractivity contribution in [2.24, 2.45) is 5.92 Å². The minimum atomic E-state index is -0.637. The van der Waals surface area contributed by atoms with Gasteiger partial charge in [0.25, 0.3) is 0 Å². The summed E-state index contributed by atoms with van der Waals surface area (Å²) in [6.07, 6.45) is 1.15. The molecule has 1 atom stereocenters. The maximum Gasteiger partial charge on any atom is 0.239 e. The molecule has 0 aliphatic carbocycles.